The Bertz CT molecular complexity index is 817. The van der Waals surface area contributed by atoms with Crippen molar-refractivity contribution in [1.29, 1.82) is 0 Å². The van der Waals surface area contributed by atoms with Crippen molar-refractivity contribution in [3.8, 4) is 5.75 Å². The molecular formula is C25H34O7. The van der Waals surface area contributed by atoms with Gasteiger partial charge in [0.25, 0.3) is 0 Å². The van der Waals surface area contributed by atoms with Gasteiger partial charge < -0.3 is 24.4 Å². The molecule has 1 aliphatic heterocycles. The number of carbonyl (C=O) groups is 2. The van der Waals surface area contributed by atoms with Crippen LogP contribution in [0.2, 0.25) is 0 Å². The summed E-state index contributed by atoms with van der Waals surface area (Å²) in [6.45, 7) is 2.77. The molecule has 0 spiro atoms. The van der Waals surface area contributed by atoms with Crippen molar-refractivity contribution in [2.24, 2.45) is 23.7 Å². The molecule has 3 aliphatic rings. The third-order valence-corrected chi connectivity index (χ3v) is 7.52. The van der Waals surface area contributed by atoms with E-state index in [-0.39, 0.29) is 36.6 Å². The topological polar surface area (TPSA) is 102 Å². The van der Waals surface area contributed by atoms with Crippen molar-refractivity contribution >= 4 is 11.9 Å². The summed E-state index contributed by atoms with van der Waals surface area (Å²) in [6.07, 6.45) is 5.02. The fourth-order valence-electron chi connectivity index (χ4n) is 5.78. The van der Waals surface area contributed by atoms with E-state index in [0.29, 0.717) is 30.8 Å². The molecule has 7 nitrogen and oxygen atoms in total. The first-order valence-electron chi connectivity index (χ1n) is 11.9. The van der Waals surface area contributed by atoms with E-state index in [1.807, 2.05) is 19.1 Å². The van der Waals surface area contributed by atoms with Crippen molar-refractivity contribution in [2.45, 2.75) is 64.1 Å². The summed E-state index contributed by atoms with van der Waals surface area (Å²) >= 11 is 0. The number of benzene rings is 1. The van der Waals surface area contributed by atoms with Crippen LogP contribution in [0, 0.1) is 23.7 Å². The van der Waals surface area contributed by atoms with Crippen LogP contribution in [0.1, 0.15) is 50.2 Å². The lowest BCUT2D eigenvalue weighted by atomic mass is 9.73. The number of aliphatic hydroxyl groups is 1. The Hall–Kier alpha value is -2.12. The first kappa shape index (κ1) is 23.1. The molecule has 1 saturated heterocycles. The van der Waals surface area contributed by atoms with Gasteiger partial charge in [-0.3, -0.25) is 4.79 Å². The molecule has 0 aromatic heterocycles. The van der Waals surface area contributed by atoms with E-state index >= 15 is 0 Å². The highest BCUT2D eigenvalue weighted by molar-refractivity contribution is 5.73. The van der Waals surface area contributed by atoms with E-state index in [9.17, 15) is 14.7 Å². The maximum Gasteiger partial charge on any atom is 0.341 e. The number of aliphatic hydroxyl groups excluding tert-OH is 1. The normalized spacial score (nSPS) is 29.8. The van der Waals surface area contributed by atoms with Crippen LogP contribution in [-0.4, -0.2) is 54.2 Å². The standard InChI is InChI=1S/C25H34O7/c1-2-18(32-25(29)16-8-9-30-13-16)6-7-19-20-10-15-4-3-5-23(31-14-24(27)28)21(15)11-17(20)12-22(19)26/h3-5,16-20,22,26H,2,6-14H2,1H3,(H,27,28)/t16?,17-,18-,19+,20-,22+/m0/s1. The summed E-state index contributed by atoms with van der Waals surface area (Å²) in [6, 6.07) is 5.83. The number of esters is 1. The zero-order valence-corrected chi connectivity index (χ0v) is 18.7. The molecule has 1 unspecified atom stereocenters. The molecular weight excluding hydrogens is 412 g/mol. The summed E-state index contributed by atoms with van der Waals surface area (Å²) in [5.74, 6) is 0.283. The SMILES string of the molecule is CC[C@@H](CC[C@@H]1[C@H]2Cc3cccc(OCC(=O)O)c3C[C@H]2C[C@H]1O)OC(=O)C1CCOC1. The van der Waals surface area contributed by atoms with Crippen LogP contribution in [0.3, 0.4) is 0 Å². The van der Waals surface area contributed by atoms with Crippen molar-refractivity contribution in [1.82, 2.24) is 0 Å². The Kier molecular flexibility index (Phi) is 7.36. The Morgan fingerprint density at radius 2 is 2.12 bits per heavy atom. The molecule has 1 saturated carbocycles. The van der Waals surface area contributed by atoms with E-state index in [4.69, 9.17) is 19.3 Å². The van der Waals surface area contributed by atoms with Crippen LogP contribution < -0.4 is 4.74 Å². The number of rotatable bonds is 9. The number of ether oxygens (including phenoxy) is 3. The quantitative estimate of drug-likeness (QED) is 0.562. The van der Waals surface area contributed by atoms with E-state index in [0.717, 1.165) is 50.5 Å². The number of hydrogen-bond acceptors (Lipinski definition) is 6. The summed E-state index contributed by atoms with van der Waals surface area (Å²) < 4.78 is 16.6. The van der Waals surface area contributed by atoms with Crippen LogP contribution >= 0.6 is 0 Å². The molecule has 1 aromatic rings. The number of carbonyl (C=O) groups excluding carboxylic acids is 1. The number of fused-ring (bicyclic) bond motifs is 2. The monoisotopic (exact) mass is 446 g/mol. The molecule has 1 aromatic carbocycles. The van der Waals surface area contributed by atoms with Crippen LogP contribution in [0.15, 0.2) is 18.2 Å². The van der Waals surface area contributed by atoms with Crippen LogP contribution in [0.4, 0.5) is 0 Å². The molecule has 4 rings (SSSR count). The van der Waals surface area contributed by atoms with E-state index in [1.54, 1.807) is 0 Å². The molecule has 0 bridgehead atoms. The fraction of sp³-hybridized carbons (Fsp3) is 0.680. The Morgan fingerprint density at radius 3 is 2.84 bits per heavy atom. The highest BCUT2D eigenvalue weighted by atomic mass is 16.5. The van der Waals surface area contributed by atoms with Crippen LogP contribution in [0.25, 0.3) is 0 Å². The van der Waals surface area contributed by atoms with Gasteiger partial charge >= 0.3 is 11.9 Å². The van der Waals surface area contributed by atoms with Gasteiger partial charge in [-0.05, 0) is 79.9 Å². The zero-order chi connectivity index (χ0) is 22.7. The first-order valence-corrected chi connectivity index (χ1v) is 11.9. The molecule has 1 heterocycles. The number of carboxylic acids is 1. The van der Waals surface area contributed by atoms with Crippen molar-refractivity contribution in [3.05, 3.63) is 29.3 Å². The number of aliphatic carboxylic acids is 1. The van der Waals surface area contributed by atoms with Gasteiger partial charge in [-0.2, -0.15) is 0 Å². The average Bonchev–Trinajstić information content (AvgIpc) is 3.41. The molecule has 2 N–H and O–H groups in total. The van der Waals surface area contributed by atoms with E-state index < -0.39 is 5.97 Å². The Labute approximate surface area is 189 Å². The molecule has 0 amide bonds. The van der Waals surface area contributed by atoms with Gasteiger partial charge in [0.05, 0.1) is 18.6 Å². The van der Waals surface area contributed by atoms with Gasteiger partial charge in [0.2, 0.25) is 0 Å². The highest BCUT2D eigenvalue weighted by Gasteiger charge is 2.45. The lowest BCUT2D eigenvalue weighted by molar-refractivity contribution is -0.154. The predicted octanol–water partition coefficient (Wildman–Crippen LogP) is 3.00. The van der Waals surface area contributed by atoms with E-state index in [2.05, 4.69) is 6.07 Å². The summed E-state index contributed by atoms with van der Waals surface area (Å²) in [5.41, 5.74) is 2.27. The van der Waals surface area contributed by atoms with Gasteiger partial charge in [0.15, 0.2) is 6.61 Å². The van der Waals surface area contributed by atoms with Gasteiger partial charge in [-0.1, -0.05) is 19.1 Å². The van der Waals surface area contributed by atoms with Gasteiger partial charge in [-0.15, -0.1) is 0 Å². The maximum atomic E-state index is 12.4. The lowest BCUT2D eigenvalue weighted by Crippen LogP contribution is -2.29. The summed E-state index contributed by atoms with van der Waals surface area (Å²) in [4.78, 5) is 23.3. The summed E-state index contributed by atoms with van der Waals surface area (Å²) in [5, 5.41) is 19.8. The lowest BCUT2D eigenvalue weighted by Gasteiger charge is -2.32. The smallest absolute Gasteiger partial charge is 0.341 e. The molecule has 2 fully saturated rings. The van der Waals surface area contributed by atoms with E-state index in [1.165, 1.54) is 5.56 Å². The van der Waals surface area contributed by atoms with Crippen molar-refractivity contribution in [2.75, 3.05) is 19.8 Å². The predicted molar refractivity (Wildman–Crippen MR) is 116 cm³/mol. The zero-order valence-electron chi connectivity index (χ0n) is 18.7. The largest absolute Gasteiger partial charge is 0.482 e. The third-order valence-electron chi connectivity index (χ3n) is 7.52. The second-order valence-corrected chi connectivity index (χ2v) is 9.48. The van der Waals surface area contributed by atoms with Gasteiger partial charge in [0.1, 0.15) is 11.9 Å². The minimum absolute atomic E-state index is 0.124. The average molecular weight is 447 g/mol. The van der Waals surface area contributed by atoms with Crippen LogP contribution in [-0.2, 0) is 31.9 Å². The molecule has 6 atom stereocenters. The van der Waals surface area contributed by atoms with Crippen molar-refractivity contribution < 1.29 is 34.0 Å². The van der Waals surface area contributed by atoms with Gasteiger partial charge in [-0.25, -0.2) is 4.79 Å². The van der Waals surface area contributed by atoms with Crippen molar-refractivity contribution in [3.63, 3.8) is 0 Å². The first-order chi connectivity index (χ1) is 15.5. The third kappa shape index (κ3) is 5.09. The second-order valence-electron chi connectivity index (χ2n) is 9.48. The number of hydrogen-bond donors (Lipinski definition) is 2. The molecule has 2 aliphatic carbocycles. The van der Waals surface area contributed by atoms with Gasteiger partial charge in [0, 0.05) is 6.61 Å². The van der Waals surface area contributed by atoms with Crippen LogP contribution in [0.5, 0.6) is 5.75 Å². The molecule has 0 radical (unpaired) electrons. The maximum absolute atomic E-state index is 12.4. The summed E-state index contributed by atoms with van der Waals surface area (Å²) in [7, 11) is 0. The Morgan fingerprint density at radius 1 is 1.28 bits per heavy atom. The highest BCUT2D eigenvalue weighted by Crippen LogP contribution is 2.48. The Balaban J connectivity index is 1.38. The second kappa shape index (κ2) is 10.2. The molecule has 7 heteroatoms. The molecule has 176 valence electrons. The molecule has 32 heavy (non-hydrogen) atoms. The minimum atomic E-state index is -0.987. The fourth-order valence-corrected chi connectivity index (χ4v) is 5.78. The number of carboxylic acid groups (broad SMARTS) is 1. The minimum Gasteiger partial charge on any atom is -0.482 e.